The van der Waals surface area contributed by atoms with E-state index in [9.17, 15) is 13.2 Å². The van der Waals surface area contributed by atoms with Gasteiger partial charge in [0.1, 0.15) is 25.2 Å². The molecule has 1 atom stereocenters. The van der Waals surface area contributed by atoms with Gasteiger partial charge in [0.25, 0.3) is 15.9 Å². The molecule has 1 N–H and O–H groups in total. The van der Waals surface area contributed by atoms with Gasteiger partial charge in [0.05, 0.1) is 69.8 Å². The number of amides is 1. The summed E-state index contributed by atoms with van der Waals surface area (Å²) in [4.78, 5) is 20.5. The molecule has 0 bridgehead atoms. The molecule has 0 saturated carbocycles. The standard InChI is InChI=1S/C29H41B7FN3O4S/c1-17-14-26(2,3)40(15-17)24-22(25(41)39-45(42,43)21-7-5-4-6-8-21)9-10-23(38-24)18-11-19(37)13-20(12-18)44-16-27(30,28(31,32)33)29(34,35)36/h4-13,17H,14-16,30-36H2,1-3H3,(H,39,41)/t17-/m0/s1. The van der Waals surface area contributed by atoms with Crippen LogP contribution in [-0.2, 0) is 10.0 Å². The number of anilines is 1. The van der Waals surface area contributed by atoms with Gasteiger partial charge in [0, 0.05) is 23.7 Å². The second-order valence-electron chi connectivity index (χ2n) is 15.3. The van der Waals surface area contributed by atoms with Gasteiger partial charge in [-0.05, 0) is 62.6 Å². The molecule has 0 aliphatic carbocycles. The summed E-state index contributed by atoms with van der Waals surface area (Å²) in [6.45, 7) is 7.29. The number of rotatable bonds is 10. The molecular formula is C29H41B7FN3O4S. The second-order valence-corrected chi connectivity index (χ2v) is 17.0. The molecule has 1 amide bonds. The normalized spacial score (nSPS) is 17.2. The number of carbonyl (C=O) groups is 1. The van der Waals surface area contributed by atoms with Gasteiger partial charge in [0.2, 0.25) is 0 Å². The van der Waals surface area contributed by atoms with Gasteiger partial charge in [-0.3, -0.25) is 4.79 Å². The first-order valence-corrected chi connectivity index (χ1v) is 17.0. The number of ether oxygens (including phenoxy) is 1. The molecule has 3 aromatic rings. The van der Waals surface area contributed by atoms with Crippen LogP contribution in [0.15, 0.2) is 65.6 Å². The van der Waals surface area contributed by atoms with Crippen LogP contribution in [-0.4, -0.2) is 92.9 Å². The van der Waals surface area contributed by atoms with Crippen molar-refractivity contribution in [2.45, 2.75) is 53.2 Å². The lowest BCUT2D eigenvalue weighted by Crippen LogP contribution is -2.47. The molecule has 1 aliphatic rings. The minimum atomic E-state index is -4.11. The van der Waals surface area contributed by atoms with E-state index in [4.69, 9.17) is 9.72 Å². The van der Waals surface area contributed by atoms with Gasteiger partial charge >= 0.3 is 0 Å². The maximum absolute atomic E-state index is 15.1. The lowest BCUT2D eigenvalue weighted by atomic mass is 9.15. The van der Waals surface area contributed by atoms with E-state index in [0.29, 0.717) is 41.9 Å². The van der Waals surface area contributed by atoms with Gasteiger partial charge in [-0.25, -0.2) is 22.5 Å². The zero-order valence-electron chi connectivity index (χ0n) is 28.3. The molecule has 0 radical (unpaired) electrons. The van der Waals surface area contributed by atoms with Gasteiger partial charge < -0.3 is 9.64 Å². The minimum absolute atomic E-state index is 0.0130. The topological polar surface area (TPSA) is 88.6 Å². The average Bonchev–Trinajstić information content (AvgIpc) is 3.21. The molecule has 1 aromatic heterocycles. The van der Waals surface area contributed by atoms with Crippen molar-refractivity contribution in [2.24, 2.45) is 5.92 Å². The first-order valence-electron chi connectivity index (χ1n) is 15.5. The van der Waals surface area contributed by atoms with Crippen molar-refractivity contribution in [1.82, 2.24) is 9.71 Å². The number of hydrogen-bond acceptors (Lipinski definition) is 6. The van der Waals surface area contributed by atoms with Crippen molar-refractivity contribution in [3.8, 4) is 17.0 Å². The first kappa shape index (κ1) is 34.9. The van der Waals surface area contributed by atoms with E-state index in [1.807, 2.05) is 4.90 Å². The molecule has 1 aliphatic heterocycles. The van der Waals surface area contributed by atoms with Crippen molar-refractivity contribution >= 4 is 76.7 Å². The van der Waals surface area contributed by atoms with E-state index in [2.05, 4.69) is 80.4 Å². The zero-order valence-corrected chi connectivity index (χ0v) is 29.1. The molecular weight excluding hydrogens is 581 g/mol. The molecule has 230 valence electrons. The van der Waals surface area contributed by atoms with Crippen molar-refractivity contribution in [3.63, 3.8) is 0 Å². The SMILES string of the molecule is BC(B)(B)C(B)(COc1cc(F)cc(-c2ccc(C(=O)NS(=O)(=O)c3ccccc3)c(N3C[C@@H](C)CC3(C)C)n2)c1)C(B)(B)B. The maximum Gasteiger partial charge on any atom is 0.268 e. The molecule has 1 fully saturated rings. The highest BCUT2D eigenvalue weighted by Gasteiger charge is 2.46. The molecule has 2 aromatic carbocycles. The van der Waals surface area contributed by atoms with Crippen molar-refractivity contribution in [2.75, 3.05) is 18.1 Å². The number of pyridine rings is 1. The molecule has 0 spiro atoms. The molecule has 1 saturated heterocycles. The summed E-state index contributed by atoms with van der Waals surface area (Å²) in [5, 5.41) is -0.394. The molecule has 2 heterocycles. The van der Waals surface area contributed by atoms with E-state index in [0.717, 1.165) is 6.42 Å². The van der Waals surface area contributed by atoms with Crippen LogP contribution in [0.2, 0.25) is 15.5 Å². The Morgan fingerprint density at radius 2 is 1.64 bits per heavy atom. The number of sulfonamides is 1. The fraction of sp³-hybridized carbons (Fsp3) is 0.379. The van der Waals surface area contributed by atoms with Gasteiger partial charge in [-0.1, -0.05) is 30.4 Å². The highest BCUT2D eigenvalue weighted by molar-refractivity contribution is 7.90. The van der Waals surface area contributed by atoms with Crippen LogP contribution in [0.25, 0.3) is 11.3 Å². The van der Waals surface area contributed by atoms with Crippen LogP contribution >= 0.6 is 0 Å². The van der Waals surface area contributed by atoms with E-state index in [1.54, 1.807) is 36.4 Å². The fourth-order valence-corrected chi connectivity index (χ4v) is 7.35. The Balaban J connectivity index is 1.74. The van der Waals surface area contributed by atoms with E-state index in [-0.39, 0.29) is 31.5 Å². The molecule has 7 nitrogen and oxygen atoms in total. The van der Waals surface area contributed by atoms with Crippen LogP contribution in [0.3, 0.4) is 0 Å². The van der Waals surface area contributed by atoms with Crippen molar-refractivity contribution in [1.29, 1.82) is 0 Å². The molecule has 45 heavy (non-hydrogen) atoms. The Bertz CT molecular complexity index is 1670. The third-order valence-electron chi connectivity index (χ3n) is 9.73. The predicted molar refractivity (Wildman–Crippen MR) is 199 cm³/mol. The van der Waals surface area contributed by atoms with Crippen LogP contribution < -0.4 is 14.4 Å². The quantitative estimate of drug-likeness (QED) is 0.285. The van der Waals surface area contributed by atoms with Crippen LogP contribution in [0.1, 0.15) is 37.6 Å². The Hall–Kier alpha value is -3.01. The molecule has 0 unspecified atom stereocenters. The van der Waals surface area contributed by atoms with Gasteiger partial charge in [-0.15, -0.1) is 10.2 Å². The van der Waals surface area contributed by atoms with Gasteiger partial charge in [-0.2, -0.15) is 0 Å². The Labute approximate surface area is 274 Å². The monoisotopic (exact) mass is 623 g/mol. The lowest BCUT2D eigenvalue weighted by molar-refractivity contribution is 0.0981. The predicted octanol–water partition coefficient (Wildman–Crippen LogP) is -1.25. The number of hydrogen-bond donors (Lipinski definition) is 1. The largest absolute Gasteiger partial charge is 0.494 e. The number of benzene rings is 2. The number of carbonyl (C=O) groups excluding carboxylic acids is 1. The Kier molecular flexibility index (Phi) is 9.53. The zero-order chi connectivity index (χ0) is 33.6. The Morgan fingerprint density at radius 3 is 2.20 bits per heavy atom. The number of halogens is 1. The summed E-state index contributed by atoms with van der Waals surface area (Å²) in [5.74, 6) is -0.190. The number of nitrogens with zero attached hydrogens (tertiary/aromatic N) is 2. The highest BCUT2D eigenvalue weighted by Crippen LogP contribution is 2.55. The maximum atomic E-state index is 15.1. The van der Waals surface area contributed by atoms with E-state index >= 15 is 4.39 Å². The average molecular weight is 622 g/mol. The smallest absolute Gasteiger partial charge is 0.268 e. The third-order valence-corrected chi connectivity index (χ3v) is 11.1. The van der Waals surface area contributed by atoms with Crippen molar-refractivity contribution < 1.29 is 22.3 Å². The first-order chi connectivity index (χ1) is 20.6. The number of nitrogens with one attached hydrogen (secondary N) is 1. The highest BCUT2D eigenvalue weighted by atomic mass is 32.2. The third kappa shape index (κ3) is 7.37. The minimum Gasteiger partial charge on any atom is -0.494 e. The summed E-state index contributed by atoms with van der Waals surface area (Å²) in [6.07, 6.45) is 0.862. The van der Waals surface area contributed by atoms with E-state index < -0.39 is 21.7 Å². The number of aromatic nitrogens is 1. The molecule has 16 heteroatoms. The fourth-order valence-electron chi connectivity index (χ4n) is 6.37. The summed E-state index contributed by atoms with van der Waals surface area (Å²) in [6, 6.07) is 15.5. The summed E-state index contributed by atoms with van der Waals surface area (Å²) in [5.41, 5.74) is 0.716. The van der Waals surface area contributed by atoms with Crippen LogP contribution in [0, 0.1) is 11.7 Å². The van der Waals surface area contributed by atoms with E-state index in [1.165, 1.54) is 24.3 Å². The summed E-state index contributed by atoms with van der Waals surface area (Å²) in [7, 11) is 11.2. The Morgan fingerprint density at radius 1 is 1.02 bits per heavy atom. The van der Waals surface area contributed by atoms with Crippen LogP contribution in [0.4, 0.5) is 10.2 Å². The van der Waals surface area contributed by atoms with Crippen LogP contribution in [0.5, 0.6) is 5.75 Å². The molecule has 4 rings (SSSR count). The lowest BCUT2D eigenvalue weighted by Gasteiger charge is -2.52. The van der Waals surface area contributed by atoms with Gasteiger partial charge in [0.15, 0.2) is 0 Å². The summed E-state index contributed by atoms with van der Waals surface area (Å²) >= 11 is 0. The van der Waals surface area contributed by atoms with Crippen molar-refractivity contribution in [3.05, 3.63) is 72.0 Å². The summed E-state index contributed by atoms with van der Waals surface area (Å²) < 4.78 is 49.6. The second kappa shape index (κ2) is 12.3.